The fourth-order valence-electron chi connectivity index (χ4n) is 1.29. The van der Waals surface area contributed by atoms with E-state index in [2.05, 4.69) is 5.32 Å². The van der Waals surface area contributed by atoms with Crippen LogP contribution in [-0.2, 0) is 9.53 Å². The first kappa shape index (κ1) is 14.2. The summed E-state index contributed by atoms with van der Waals surface area (Å²) in [5, 5.41) is 2.11. The Kier molecular flexibility index (Phi) is 4.44. The fourth-order valence-corrected chi connectivity index (χ4v) is 1.29. The third kappa shape index (κ3) is 4.55. The molecule has 1 atom stereocenters. The van der Waals surface area contributed by atoms with E-state index in [-0.39, 0.29) is 0 Å². The maximum atomic E-state index is 11.7. The molecule has 0 saturated carbocycles. The molecule has 1 rings (SSSR count). The maximum Gasteiger partial charge on any atom is 0.414 e. The minimum Gasteiger partial charge on any atom is -0.444 e. The summed E-state index contributed by atoms with van der Waals surface area (Å²) in [5.41, 5.74) is 5.72. The van der Waals surface area contributed by atoms with Crippen molar-refractivity contribution in [1.82, 2.24) is 5.32 Å². The van der Waals surface area contributed by atoms with Gasteiger partial charge in [-0.2, -0.15) is 0 Å². The molecule has 0 bridgehead atoms. The monoisotopic (exact) mass is 250 g/mol. The topological polar surface area (TPSA) is 81.4 Å². The lowest BCUT2D eigenvalue weighted by molar-refractivity contribution is -0.122. The second-order valence-electron chi connectivity index (χ2n) is 4.88. The standard InChI is InChI=1S/C13H18N2O3/c1-13(2,3)18-12(17)15-11(16)10(14)9-7-5-4-6-8-9/h4-8,10H,14H2,1-3H3,(H,15,16,17)/t10-/m0/s1. The van der Waals surface area contributed by atoms with E-state index in [1.54, 1.807) is 45.0 Å². The number of nitrogens with two attached hydrogens (primary N) is 1. The average Bonchev–Trinajstić information content (AvgIpc) is 2.26. The van der Waals surface area contributed by atoms with Crippen LogP contribution in [0.1, 0.15) is 32.4 Å². The first-order valence-corrected chi connectivity index (χ1v) is 5.64. The van der Waals surface area contributed by atoms with Crippen LogP contribution in [0.2, 0.25) is 0 Å². The van der Waals surface area contributed by atoms with Crippen molar-refractivity contribution in [2.45, 2.75) is 32.4 Å². The van der Waals surface area contributed by atoms with E-state index >= 15 is 0 Å². The number of imide groups is 1. The van der Waals surface area contributed by atoms with Gasteiger partial charge in [-0.3, -0.25) is 10.1 Å². The number of rotatable bonds is 2. The van der Waals surface area contributed by atoms with Crippen LogP contribution >= 0.6 is 0 Å². The van der Waals surface area contributed by atoms with Crippen LogP contribution in [0.25, 0.3) is 0 Å². The summed E-state index contributed by atoms with van der Waals surface area (Å²) in [6, 6.07) is 7.92. The highest BCUT2D eigenvalue weighted by atomic mass is 16.6. The summed E-state index contributed by atoms with van der Waals surface area (Å²) in [6.45, 7) is 5.15. The molecule has 0 aromatic heterocycles. The molecular weight excluding hydrogens is 232 g/mol. The van der Waals surface area contributed by atoms with Crippen LogP contribution in [0.3, 0.4) is 0 Å². The molecule has 2 amide bonds. The highest BCUT2D eigenvalue weighted by Crippen LogP contribution is 2.10. The van der Waals surface area contributed by atoms with E-state index in [1.165, 1.54) is 0 Å². The zero-order valence-electron chi connectivity index (χ0n) is 10.8. The fraction of sp³-hybridized carbons (Fsp3) is 0.385. The number of carbonyl (C=O) groups excluding carboxylic acids is 2. The van der Waals surface area contributed by atoms with Gasteiger partial charge in [0.1, 0.15) is 11.6 Å². The summed E-state index contributed by atoms with van der Waals surface area (Å²) >= 11 is 0. The van der Waals surface area contributed by atoms with Gasteiger partial charge in [-0.25, -0.2) is 4.79 Å². The molecule has 0 saturated heterocycles. The number of amides is 2. The molecule has 1 aromatic carbocycles. The van der Waals surface area contributed by atoms with Gasteiger partial charge >= 0.3 is 6.09 Å². The molecule has 0 aliphatic rings. The molecular formula is C13H18N2O3. The highest BCUT2D eigenvalue weighted by molar-refractivity contribution is 5.95. The Morgan fingerprint density at radius 3 is 2.28 bits per heavy atom. The average molecular weight is 250 g/mol. The first-order valence-electron chi connectivity index (χ1n) is 5.64. The minimum absolute atomic E-state index is 0.588. The van der Waals surface area contributed by atoms with Crippen molar-refractivity contribution in [3.05, 3.63) is 35.9 Å². The van der Waals surface area contributed by atoms with Gasteiger partial charge in [-0.15, -0.1) is 0 Å². The lowest BCUT2D eigenvalue weighted by Gasteiger charge is -2.20. The van der Waals surface area contributed by atoms with Gasteiger partial charge < -0.3 is 10.5 Å². The lowest BCUT2D eigenvalue weighted by atomic mass is 10.1. The Hall–Kier alpha value is -1.88. The number of alkyl carbamates (subject to hydrolysis) is 1. The summed E-state index contributed by atoms with van der Waals surface area (Å²) in [5.74, 6) is -0.588. The Morgan fingerprint density at radius 2 is 1.78 bits per heavy atom. The minimum atomic E-state index is -0.890. The predicted octanol–water partition coefficient (Wildman–Crippen LogP) is 1.74. The SMILES string of the molecule is CC(C)(C)OC(=O)NC(=O)[C@@H](N)c1ccccc1. The summed E-state index contributed by atoms with van der Waals surface area (Å²) in [6.07, 6.45) is -0.793. The Labute approximate surface area is 106 Å². The van der Waals surface area contributed by atoms with Crippen LogP contribution in [-0.4, -0.2) is 17.6 Å². The largest absolute Gasteiger partial charge is 0.444 e. The zero-order chi connectivity index (χ0) is 13.8. The number of ether oxygens (including phenoxy) is 1. The molecule has 0 aliphatic heterocycles. The van der Waals surface area contributed by atoms with Gasteiger partial charge in [-0.1, -0.05) is 30.3 Å². The van der Waals surface area contributed by atoms with Crippen molar-refractivity contribution in [3.63, 3.8) is 0 Å². The second-order valence-corrected chi connectivity index (χ2v) is 4.88. The van der Waals surface area contributed by atoms with E-state index in [0.717, 1.165) is 0 Å². The van der Waals surface area contributed by atoms with E-state index in [0.29, 0.717) is 5.56 Å². The predicted molar refractivity (Wildman–Crippen MR) is 67.7 cm³/mol. The smallest absolute Gasteiger partial charge is 0.414 e. The van der Waals surface area contributed by atoms with Gasteiger partial charge in [0, 0.05) is 0 Å². The number of carbonyl (C=O) groups is 2. The van der Waals surface area contributed by atoms with Gasteiger partial charge in [0.05, 0.1) is 0 Å². The Bertz CT molecular complexity index is 424. The second kappa shape index (κ2) is 5.64. The van der Waals surface area contributed by atoms with Gasteiger partial charge in [0.15, 0.2) is 0 Å². The lowest BCUT2D eigenvalue weighted by Crippen LogP contribution is -2.41. The maximum absolute atomic E-state index is 11.7. The zero-order valence-corrected chi connectivity index (χ0v) is 10.8. The van der Waals surface area contributed by atoms with Crippen molar-refractivity contribution >= 4 is 12.0 Å². The molecule has 0 aliphatic carbocycles. The van der Waals surface area contributed by atoms with Crippen molar-refractivity contribution in [2.75, 3.05) is 0 Å². The molecule has 0 radical (unpaired) electrons. The molecule has 5 nitrogen and oxygen atoms in total. The van der Waals surface area contributed by atoms with Crippen molar-refractivity contribution in [1.29, 1.82) is 0 Å². The van der Waals surface area contributed by atoms with Crippen LogP contribution < -0.4 is 11.1 Å². The van der Waals surface area contributed by atoms with Crippen molar-refractivity contribution in [2.24, 2.45) is 5.73 Å². The third-order valence-electron chi connectivity index (χ3n) is 2.07. The van der Waals surface area contributed by atoms with E-state index < -0.39 is 23.6 Å². The summed E-state index contributed by atoms with van der Waals surface area (Å²) < 4.78 is 4.97. The van der Waals surface area contributed by atoms with Gasteiger partial charge in [0.2, 0.25) is 0 Å². The van der Waals surface area contributed by atoms with E-state index in [9.17, 15) is 9.59 Å². The molecule has 3 N–H and O–H groups in total. The van der Waals surface area contributed by atoms with Crippen LogP contribution in [0.5, 0.6) is 0 Å². The first-order chi connectivity index (χ1) is 8.29. The molecule has 1 aromatic rings. The Morgan fingerprint density at radius 1 is 1.22 bits per heavy atom. The van der Waals surface area contributed by atoms with Gasteiger partial charge in [0.25, 0.3) is 5.91 Å². The van der Waals surface area contributed by atoms with E-state index in [1.807, 2.05) is 6.07 Å². The number of hydrogen-bond donors (Lipinski definition) is 2. The van der Waals surface area contributed by atoms with Crippen LogP contribution in [0.4, 0.5) is 4.79 Å². The third-order valence-corrected chi connectivity index (χ3v) is 2.07. The number of benzene rings is 1. The Balaban J connectivity index is 2.59. The molecule has 0 unspecified atom stereocenters. The molecule has 18 heavy (non-hydrogen) atoms. The van der Waals surface area contributed by atoms with E-state index in [4.69, 9.17) is 10.5 Å². The van der Waals surface area contributed by atoms with Crippen molar-refractivity contribution < 1.29 is 14.3 Å². The quantitative estimate of drug-likeness (QED) is 0.837. The van der Waals surface area contributed by atoms with Crippen LogP contribution in [0.15, 0.2) is 30.3 Å². The molecule has 0 heterocycles. The molecule has 5 heteroatoms. The van der Waals surface area contributed by atoms with Crippen molar-refractivity contribution in [3.8, 4) is 0 Å². The number of nitrogens with one attached hydrogen (secondary N) is 1. The normalized spacial score (nSPS) is 12.7. The highest BCUT2D eigenvalue weighted by Gasteiger charge is 2.22. The summed E-state index contributed by atoms with van der Waals surface area (Å²) in [4.78, 5) is 23.1. The van der Waals surface area contributed by atoms with Crippen LogP contribution in [0, 0.1) is 0 Å². The molecule has 0 fully saturated rings. The number of hydrogen-bond acceptors (Lipinski definition) is 4. The summed E-state index contributed by atoms with van der Waals surface area (Å²) in [7, 11) is 0. The molecule has 98 valence electrons. The van der Waals surface area contributed by atoms with Gasteiger partial charge in [-0.05, 0) is 26.3 Å². The molecule has 0 spiro atoms.